The summed E-state index contributed by atoms with van der Waals surface area (Å²) in [5.74, 6) is -2.37. The van der Waals surface area contributed by atoms with Gasteiger partial charge in [0, 0.05) is 39.0 Å². The Morgan fingerprint density at radius 3 is 1.19 bits per heavy atom. The molecular formula is C66H88F6N6O12. The summed E-state index contributed by atoms with van der Waals surface area (Å²) in [7, 11) is 2.97. The average molecular weight is 1270 g/mol. The van der Waals surface area contributed by atoms with E-state index in [4.69, 9.17) is 39.4 Å². The van der Waals surface area contributed by atoms with Crippen LogP contribution >= 0.6 is 0 Å². The van der Waals surface area contributed by atoms with Gasteiger partial charge in [-0.25, -0.2) is 0 Å². The van der Waals surface area contributed by atoms with Gasteiger partial charge in [-0.15, -0.1) is 0 Å². The number of fused-ring (bicyclic) bond motifs is 2. The van der Waals surface area contributed by atoms with Gasteiger partial charge in [-0.3, -0.25) is 19.2 Å². The Labute approximate surface area is 524 Å². The predicted molar refractivity (Wildman–Crippen MR) is 330 cm³/mol. The molecule has 4 aromatic carbocycles. The molecule has 0 amide bonds. The van der Waals surface area contributed by atoms with Crippen LogP contribution in [0.5, 0.6) is 23.0 Å². The molecule has 0 aliphatic carbocycles. The quantitative estimate of drug-likeness (QED) is 0.0187. The number of nitrogens with one attached hydrogen (secondary N) is 2. The Hall–Kier alpha value is -7.96. The van der Waals surface area contributed by atoms with E-state index in [9.17, 15) is 56.0 Å². The van der Waals surface area contributed by atoms with Gasteiger partial charge in [0.1, 0.15) is 24.2 Å². The predicted octanol–water partition coefficient (Wildman–Crippen LogP) is 12.4. The average Bonchev–Trinajstić information content (AvgIpc) is 1.72. The minimum absolute atomic E-state index is 0.100. The van der Waals surface area contributed by atoms with Gasteiger partial charge in [0.15, 0.2) is 36.2 Å². The number of nitrogens with zero attached hydrogens (tertiary/aromatic N) is 4. The van der Waals surface area contributed by atoms with Crippen LogP contribution in [-0.4, -0.2) is 135 Å². The van der Waals surface area contributed by atoms with Gasteiger partial charge in [0.05, 0.1) is 35.7 Å². The summed E-state index contributed by atoms with van der Waals surface area (Å²) in [6.07, 6.45) is 2.82. The zero-order valence-corrected chi connectivity index (χ0v) is 52.3. The highest BCUT2D eigenvalue weighted by atomic mass is 19.4. The van der Waals surface area contributed by atoms with Crippen LogP contribution < -0.4 is 39.4 Å². The number of para-hydroxylation sites is 4. The van der Waals surface area contributed by atoms with E-state index in [1.807, 2.05) is 12.1 Å². The summed E-state index contributed by atoms with van der Waals surface area (Å²) in [5, 5.41) is 57.7. The van der Waals surface area contributed by atoms with Crippen LogP contribution in [0.4, 0.5) is 37.7 Å². The van der Waals surface area contributed by atoms with Crippen LogP contribution in [0.3, 0.4) is 0 Å². The zero-order chi connectivity index (χ0) is 66.8. The molecule has 0 bridgehead atoms. The van der Waals surface area contributed by atoms with Gasteiger partial charge >= 0.3 is 36.2 Å². The lowest BCUT2D eigenvalue weighted by molar-refractivity contribution is -0.154. The molecule has 4 atom stereocenters. The molecule has 24 heteroatoms. The van der Waals surface area contributed by atoms with Crippen molar-refractivity contribution in [1.82, 2.24) is 10.6 Å². The number of hydrogen-bond donors (Lipinski definition) is 6. The van der Waals surface area contributed by atoms with Crippen molar-refractivity contribution in [3.8, 4) is 35.1 Å². The van der Waals surface area contributed by atoms with E-state index in [1.165, 1.54) is 48.5 Å². The fourth-order valence-electron chi connectivity index (χ4n) is 10.2. The molecule has 2 heterocycles. The van der Waals surface area contributed by atoms with Crippen molar-refractivity contribution in [2.24, 2.45) is 11.8 Å². The lowest BCUT2D eigenvalue weighted by Gasteiger charge is -2.21. The summed E-state index contributed by atoms with van der Waals surface area (Å²) in [6, 6.07) is 24.7. The van der Waals surface area contributed by atoms with Crippen LogP contribution in [0.25, 0.3) is 0 Å². The maximum atomic E-state index is 12.5. The molecule has 0 aromatic heterocycles. The third-order valence-corrected chi connectivity index (χ3v) is 14.7. The molecule has 0 saturated carbocycles. The van der Waals surface area contributed by atoms with E-state index >= 15 is 0 Å². The van der Waals surface area contributed by atoms with Gasteiger partial charge in [-0.1, -0.05) is 76.9 Å². The molecule has 90 heavy (non-hydrogen) atoms. The number of carbonyl (C=O) groups is 4. The van der Waals surface area contributed by atoms with Gasteiger partial charge in [-0.05, 0) is 162 Å². The number of carboxylic acid groups (broad SMARTS) is 4. The standard InChI is InChI=1S/2C27H33F3N2O2.2C6H11NO4/c2*1-3-4-12-32-13-11-22-16-21(17-23(18-31)26(22)32)15-20(2)8-7-14-33-24-9-5-6-10-25(24)34-19-27(28,29)30;2*1-7-4(6(10)11)2-3-5(8)9/h2*5-6,9-10,16-17,20H,3-4,7-8,11-15,19H2,1-2H3;2*4,7H,2-3H2,1H3,(H,8,9)(H,10,11)/t2*20-;;/m00../s1. The van der Waals surface area contributed by atoms with E-state index < -0.39 is 61.5 Å². The maximum Gasteiger partial charge on any atom is 0.422 e. The maximum absolute atomic E-state index is 12.5. The molecule has 0 saturated heterocycles. The van der Waals surface area contributed by atoms with E-state index in [0.29, 0.717) is 36.5 Å². The van der Waals surface area contributed by atoms with Crippen LogP contribution in [0.2, 0.25) is 0 Å². The Balaban J connectivity index is 0.000000354. The molecule has 0 radical (unpaired) electrons. The number of ether oxygens (including phenoxy) is 4. The number of unbranched alkanes of at least 4 members (excludes halogenated alkanes) is 2. The van der Waals surface area contributed by atoms with Crippen molar-refractivity contribution < 1.29 is 84.9 Å². The van der Waals surface area contributed by atoms with E-state index in [2.05, 4.69) is 72.4 Å². The minimum atomic E-state index is -4.39. The molecule has 6 N–H and O–H groups in total. The van der Waals surface area contributed by atoms with Crippen molar-refractivity contribution in [3.63, 3.8) is 0 Å². The molecule has 6 rings (SSSR count). The second kappa shape index (κ2) is 39.9. The first-order chi connectivity index (χ1) is 42.8. The molecule has 0 fully saturated rings. The van der Waals surface area contributed by atoms with Gasteiger partial charge in [0.2, 0.25) is 0 Å². The van der Waals surface area contributed by atoms with Gasteiger partial charge < -0.3 is 59.8 Å². The number of hydrogen-bond acceptors (Lipinski definition) is 14. The van der Waals surface area contributed by atoms with Gasteiger partial charge in [0.25, 0.3) is 0 Å². The Morgan fingerprint density at radius 2 is 0.900 bits per heavy atom. The summed E-state index contributed by atoms with van der Waals surface area (Å²) in [4.78, 5) is 45.3. The van der Waals surface area contributed by atoms with Crippen molar-refractivity contribution in [1.29, 1.82) is 10.5 Å². The zero-order valence-electron chi connectivity index (χ0n) is 52.3. The monoisotopic (exact) mass is 1270 g/mol. The first kappa shape index (κ1) is 76.3. The number of rotatable bonds is 34. The number of carboxylic acids is 4. The van der Waals surface area contributed by atoms with Crippen molar-refractivity contribution >= 4 is 35.3 Å². The molecule has 18 nitrogen and oxygen atoms in total. The molecule has 2 unspecified atom stereocenters. The highest BCUT2D eigenvalue weighted by molar-refractivity contribution is 5.76. The molecule has 4 aromatic rings. The smallest absolute Gasteiger partial charge is 0.422 e. The number of benzene rings is 4. The fraction of sp³-hybridized carbons (Fsp3) is 0.545. The Kier molecular flexibility index (Phi) is 33.8. The third-order valence-electron chi connectivity index (χ3n) is 14.7. The molecule has 0 spiro atoms. The third kappa shape index (κ3) is 28.7. The summed E-state index contributed by atoms with van der Waals surface area (Å²) < 4.78 is 95.8. The minimum Gasteiger partial charge on any atom is -0.490 e. The van der Waals surface area contributed by atoms with Crippen molar-refractivity contribution in [2.45, 2.75) is 155 Å². The number of aliphatic carboxylic acids is 4. The Morgan fingerprint density at radius 1 is 0.556 bits per heavy atom. The van der Waals surface area contributed by atoms with Crippen molar-refractivity contribution in [2.75, 3.05) is 76.5 Å². The lowest BCUT2D eigenvalue weighted by atomic mass is 9.93. The second-order valence-electron chi connectivity index (χ2n) is 22.2. The molecule has 2 aliphatic heterocycles. The summed E-state index contributed by atoms with van der Waals surface area (Å²) >= 11 is 0. The number of nitriles is 2. The molecule has 2 aliphatic rings. The van der Waals surface area contributed by atoms with Gasteiger partial charge in [-0.2, -0.15) is 36.9 Å². The topological polar surface area (TPSA) is 264 Å². The molecular weight excluding hydrogens is 1180 g/mol. The largest absolute Gasteiger partial charge is 0.490 e. The van der Waals surface area contributed by atoms with Crippen LogP contribution in [0, 0.1) is 34.5 Å². The number of anilines is 2. The lowest BCUT2D eigenvalue weighted by Crippen LogP contribution is -2.34. The van der Waals surface area contributed by atoms with Crippen molar-refractivity contribution in [3.05, 3.63) is 106 Å². The van der Waals surface area contributed by atoms with E-state index in [0.717, 1.165) is 126 Å². The number of likely N-dealkylation sites (N-methyl/N-ethyl adjacent to an activating group) is 2. The van der Waals surface area contributed by atoms with Crippen LogP contribution in [0.15, 0.2) is 72.8 Å². The first-order valence-electron chi connectivity index (χ1n) is 30.4. The SMILES string of the molecule is CCCCN1CCc2cc(C[C@@H](C)CCCOc3ccccc3OCC(F)(F)F)cc(C#N)c21.CCCCN1CCc2cc(C[C@@H](C)CCCOc3ccccc3OCC(F)(F)F)cc(C#N)c21.CNC(CCC(=O)O)C(=O)O.CNC(CCC(=O)O)C(=O)O. The first-order valence-corrected chi connectivity index (χ1v) is 30.4. The van der Waals surface area contributed by atoms with Crippen LogP contribution in [-0.2, 0) is 44.9 Å². The summed E-state index contributed by atoms with van der Waals surface area (Å²) in [5.41, 5.74) is 8.70. The number of halogens is 6. The number of alkyl halides is 6. The Bertz CT molecular complexity index is 2760. The van der Waals surface area contributed by atoms with E-state index in [1.54, 1.807) is 36.4 Å². The molecule has 496 valence electrons. The summed E-state index contributed by atoms with van der Waals surface area (Å²) in [6.45, 7) is 10.8. The fourth-order valence-corrected chi connectivity index (χ4v) is 10.2. The van der Waals surface area contributed by atoms with E-state index in [-0.39, 0.29) is 37.2 Å². The normalized spacial score (nSPS) is 13.6. The highest BCUT2D eigenvalue weighted by Crippen LogP contribution is 2.36. The van der Waals surface area contributed by atoms with Crippen LogP contribution in [0.1, 0.15) is 138 Å². The highest BCUT2D eigenvalue weighted by Gasteiger charge is 2.31. The second-order valence-corrected chi connectivity index (χ2v) is 22.2.